The summed E-state index contributed by atoms with van der Waals surface area (Å²) in [6.45, 7) is 8.25. The number of hydrogen-bond acceptors (Lipinski definition) is 0. The minimum atomic E-state index is -0.826. The number of fused-ring (bicyclic) bond motifs is 2. The third-order valence-electron chi connectivity index (χ3n) is 3.86. The molecule has 0 fully saturated rings. The summed E-state index contributed by atoms with van der Waals surface area (Å²) in [7, 11) is 9.87. The molecule has 4 rings (SSSR count). The van der Waals surface area contributed by atoms with Crippen LogP contribution < -0.4 is 0 Å². The van der Waals surface area contributed by atoms with Gasteiger partial charge in [0.25, 0.3) is 0 Å². The molecule has 0 aliphatic heterocycles. The second-order valence-electron chi connectivity index (χ2n) is 6.06. The number of rotatable bonds is 0. The van der Waals surface area contributed by atoms with Gasteiger partial charge in [0, 0.05) is 0 Å². The summed E-state index contributed by atoms with van der Waals surface area (Å²) < 4.78 is 0. The van der Waals surface area contributed by atoms with Crippen LogP contribution in [0.25, 0.3) is 21.5 Å². The topological polar surface area (TPSA) is 0 Å². The van der Waals surface area contributed by atoms with Crippen LogP contribution in [0.4, 0.5) is 0 Å². The fourth-order valence-electron chi connectivity index (χ4n) is 2.61. The molecule has 0 aromatic heterocycles. The number of allylic oxidation sites excluding steroid dienone is 2. The zero-order valence-electron chi connectivity index (χ0n) is 16.3. The molecular formula is C24H26Cl2Zr. The first-order valence-corrected chi connectivity index (χ1v) is 15.2. The van der Waals surface area contributed by atoms with E-state index in [1.54, 1.807) is 0 Å². The molecule has 0 saturated carbocycles. The molecule has 0 nitrogen and oxygen atoms in total. The van der Waals surface area contributed by atoms with E-state index in [1.807, 2.05) is 26.0 Å². The van der Waals surface area contributed by atoms with Crippen molar-refractivity contribution in [3.05, 3.63) is 96.1 Å². The molecule has 0 unspecified atom stereocenters. The molecule has 140 valence electrons. The fourth-order valence-corrected chi connectivity index (χ4v) is 2.61. The van der Waals surface area contributed by atoms with Crippen molar-refractivity contribution in [3.8, 4) is 0 Å². The van der Waals surface area contributed by atoms with Gasteiger partial charge >= 0.3 is 37.9 Å². The molecule has 0 saturated heterocycles. The van der Waals surface area contributed by atoms with Gasteiger partial charge in [0.2, 0.25) is 0 Å². The third-order valence-corrected chi connectivity index (χ3v) is 3.86. The van der Waals surface area contributed by atoms with Gasteiger partial charge in [0.1, 0.15) is 0 Å². The van der Waals surface area contributed by atoms with Crippen molar-refractivity contribution < 1.29 is 20.8 Å². The van der Waals surface area contributed by atoms with Crippen molar-refractivity contribution in [1.29, 1.82) is 0 Å². The molecule has 27 heavy (non-hydrogen) atoms. The van der Waals surface area contributed by atoms with E-state index < -0.39 is 20.8 Å². The Hall–Kier alpha value is -1.14. The first-order valence-electron chi connectivity index (χ1n) is 8.83. The zero-order valence-corrected chi connectivity index (χ0v) is 20.3. The van der Waals surface area contributed by atoms with E-state index in [-0.39, 0.29) is 0 Å². The van der Waals surface area contributed by atoms with E-state index in [4.69, 9.17) is 17.0 Å². The molecule has 0 aliphatic carbocycles. The van der Waals surface area contributed by atoms with Crippen molar-refractivity contribution >= 4 is 38.6 Å². The van der Waals surface area contributed by atoms with Crippen molar-refractivity contribution in [2.45, 2.75) is 27.7 Å². The van der Waals surface area contributed by atoms with Crippen molar-refractivity contribution in [3.63, 3.8) is 0 Å². The Balaban J connectivity index is 0.000000204. The summed E-state index contributed by atoms with van der Waals surface area (Å²) in [6, 6.07) is 25.7. The quantitative estimate of drug-likeness (QED) is 0.176. The van der Waals surface area contributed by atoms with Gasteiger partial charge in [-0.1, -0.05) is 38.1 Å². The molecular weight excluding hydrogens is 450 g/mol. The van der Waals surface area contributed by atoms with Gasteiger partial charge in [-0.25, -0.2) is 0 Å². The summed E-state index contributed by atoms with van der Waals surface area (Å²) in [5.74, 6) is 0. The van der Waals surface area contributed by atoms with Crippen LogP contribution in [0, 0.1) is 13.8 Å². The Kier molecular flexibility index (Phi) is 12.3. The summed E-state index contributed by atoms with van der Waals surface area (Å²) in [5.41, 5.74) is 2.70. The Morgan fingerprint density at radius 3 is 1.33 bits per heavy atom. The average Bonchev–Trinajstić information content (AvgIpc) is 3.23. The van der Waals surface area contributed by atoms with Gasteiger partial charge in [0.05, 0.1) is 0 Å². The van der Waals surface area contributed by atoms with Gasteiger partial charge in [-0.2, -0.15) is 12.1 Å². The van der Waals surface area contributed by atoms with Crippen molar-refractivity contribution in [2.75, 3.05) is 0 Å². The Morgan fingerprint density at radius 1 is 0.704 bits per heavy atom. The number of benzene rings is 2. The standard InChI is InChI=1S/2C10H9.C4H8.2ClH.Zr/c2*1-8-6-9-4-2-3-5-10(9)7-8;1-3-4-2;;;/h2*2-7H,1H3;3-4H,1-2H3;2*1H;/q2*-1;;;;+4/p-2. The predicted molar refractivity (Wildman–Crippen MR) is 121 cm³/mol. The van der Waals surface area contributed by atoms with E-state index >= 15 is 0 Å². The van der Waals surface area contributed by atoms with E-state index in [0.717, 1.165) is 0 Å². The maximum absolute atomic E-state index is 4.93. The molecule has 0 spiro atoms. The van der Waals surface area contributed by atoms with Crippen LogP contribution in [0.3, 0.4) is 0 Å². The number of halogens is 2. The summed E-state index contributed by atoms with van der Waals surface area (Å²) in [5, 5.41) is 5.39. The van der Waals surface area contributed by atoms with E-state index in [2.05, 4.69) is 86.6 Å². The summed E-state index contributed by atoms with van der Waals surface area (Å²) in [6.07, 6.45) is 4.00. The molecule has 4 aromatic carbocycles. The number of aryl methyl sites for hydroxylation is 2. The van der Waals surface area contributed by atoms with E-state index in [9.17, 15) is 0 Å². The summed E-state index contributed by atoms with van der Waals surface area (Å²) in [4.78, 5) is 0. The van der Waals surface area contributed by atoms with Crippen LogP contribution in [-0.2, 0) is 20.8 Å². The molecule has 0 N–H and O–H groups in total. The fraction of sp³-hybridized carbons (Fsp3) is 0.167. The molecule has 0 heterocycles. The molecule has 4 aromatic rings. The van der Waals surface area contributed by atoms with E-state index in [0.29, 0.717) is 0 Å². The molecule has 0 aliphatic rings. The van der Waals surface area contributed by atoms with E-state index in [1.165, 1.54) is 32.7 Å². The molecule has 0 atom stereocenters. The van der Waals surface area contributed by atoms with Crippen LogP contribution in [0.1, 0.15) is 25.0 Å². The van der Waals surface area contributed by atoms with Gasteiger partial charge < -0.3 is 0 Å². The molecule has 0 amide bonds. The zero-order chi connectivity index (χ0) is 20.1. The van der Waals surface area contributed by atoms with Crippen LogP contribution in [-0.4, -0.2) is 0 Å². The van der Waals surface area contributed by atoms with Crippen LogP contribution in [0.2, 0.25) is 0 Å². The first kappa shape index (κ1) is 23.9. The van der Waals surface area contributed by atoms with Gasteiger partial charge in [0.15, 0.2) is 0 Å². The SMILES string of the molecule is CC=CC.Cc1cc2ccccc2[cH-]1.Cc1cc2ccccc2[cH-]1.[Cl][Zr+2][Cl]. The Labute approximate surface area is 182 Å². The monoisotopic (exact) mass is 474 g/mol. The van der Waals surface area contributed by atoms with Gasteiger partial charge in [-0.15, -0.1) is 81.2 Å². The Morgan fingerprint density at radius 2 is 1.04 bits per heavy atom. The summed E-state index contributed by atoms with van der Waals surface area (Å²) >= 11 is -0.826. The van der Waals surface area contributed by atoms with Crippen molar-refractivity contribution in [1.82, 2.24) is 0 Å². The van der Waals surface area contributed by atoms with Crippen LogP contribution in [0.5, 0.6) is 0 Å². The van der Waals surface area contributed by atoms with Crippen LogP contribution in [0.15, 0.2) is 84.9 Å². The minimum absolute atomic E-state index is 0.826. The average molecular weight is 477 g/mol. The van der Waals surface area contributed by atoms with Crippen LogP contribution >= 0.6 is 17.0 Å². The Bertz CT molecular complexity index is 790. The molecule has 0 bridgehead atoms. The predicted octanol–water partition coefficient (Wildman–Crippen LogP) is 8.69. The van der Waals surface area contributed by atoms with Gasteiger partial charge in [-0.3, -0.25) is 0 Å². The first-order chi connectivity index (χ1) is 13.0. The normalized spacial score (nSPS) is 9.56. The van der Waals surface area contributed by atoms with Crippen molar-refractivity contribution in [2.24, 2.45) is 0 Å². The van der Waals surface area contributed by atoms with Gasteiger partial charge in [-0.05, 0) is 13.8 Å². The number of hydrogen-bond donors (Lipinski definition) is 0. The second-order valence-corrected chi connectivity index (χ2v) is 9.79. The molecule has 3 heteroatoms. The third kappa shape index (κ3) is 9.07. The maximum atomic E-state index is 4.93. The molecule has 0 radical (unpaired) electrons. The second kappa shape index (κ2) is 13.9.